The monoisotopic (exact) mass is 123 g/mol. The van der Waals surface area contributed by atoms with Crippen LogP contribution in [0.4, 0.5) is 4.79 Å². The molecule has 10 heavy (non-hydrogen) atoms. The third kappa shape index (κ3) is 833. The van der Waals surface area contributed by atoms with Crippen LogP contribution in [0.3, 0.4) is 0 Å². The maximum atomic E-state index is 8.33. The molecule has 0 saturated heterocycles. The van der Waals surface area contributed by atoms with Crippen LogP contribution in [0.5, 0.6) is 0 Å². The van der Waals surface area contributed by atoms with Crippen molar-refractivity contribution in [3.05, 3.63) is 12.7 Å². The van der Waals surface area contributed by atoms with Crippen molar-refractivity contribution in [2.75, 3.05) is 0 Å². The minimum atomic E-state index is -2.33. The van der Waals surface area contributed by atoms with Gasteiger partial charge in [0.15, 0.2) is 0 Å². The molecule has 0 rings (SSSR count). The van der Waals surface area contributed by atoms with Gasteiger partial charge < -0.3 is 15.0 Å². The van der Waals surface area contributed by atoms with Gasteiger partial charge in [-0.3, -0.25) is 0 Å². The maximum Gasteiger partial charge on any atom is 1.00 e. The van der Waals surface area contributed by atoms with E-state index in [1.807, 2.05) is 6.92 Å². The zero-order valence-corrected chi connectivity index (χ0v) is 7.01. The molecule has 0 aliphatic rings. The van der Waals surface area contributed by atoms with Gasteiger partial charge in [-0.2, -0.15) is 0 Å². The predicted molar refractivity (Wildman–Crippen MR) is 21.3 cm³/mol. The zero-order valence-electron chi connectivity index (χ0n) is 7.01. The number of carbonyl (C=O) groups is 1. The number of hydrogen-bond acceptors (Lipinski definition) is 3. The first-order chi connectivity index (χ1) is 3.15. The second-order valence-electron chi connectivity index (χ2n) is 0.658. The van der Waals surface area contributed by atoms with Gasteiger partial charge in [-0.25, -0.2) is 0 Å². The zero-order chi connectivity index (χ0) is 6.28. The summed E-state index contributed by atoms with van der Waals surface area (Å²) in [7, 11) is 0. The average Bonchev–Trinajstić information content (AvgIpc) is 1.33. The molecule has 0 radical (unpaired) electrons. The SMILES string of the molecule is C=CC.O=C([O-])[O-].[Li+].[Li+].[Li+]. The van der Waals surface area contributed by atoms with E-state index in [1.54, 1.807) is 6.08 Å². The van der Waals surface area contributed by atoms with Crippen LogP contribution < -0.4 is 66.8 Å². The van der Waals surface area contributed by atoms with E-state index in [1.165, 1.54) is 0 Å². The van der Waals surface area contributed by atoms with Crippen LogP contribution in [0.15, 0.2) is 12.7 Å². The van der Waals surface area contributed by atoms with Crippen molar-refractivity contribution in [3.8, 4) is 0 Å². The molecule has 0 unspecified atom stereocenters. The van der Waals surface area contributed by atoms with Gasteiger partial charge >= 0.3 is 56.6 Å². The smallest absolute Gasteiger partial charge is 0.652 e. The minimum absolute atomic E-state index is 0. The molecule has 0 aliphatic heterocycles. The molecule has 0 saturated carbocycles. The summed E-state index contributed by atoms with van der Waals surface area (Å²) in [4.78, 5) is 8.33. The largest absolute Gasteiger partial charge is 1.00 e. The van der Waals surface area contributed by atoms with Crippen LogP contribution in [-0.4, -0.2) is 6.16 Å². The molecule has 0 aromatic carbocycles. The van der Waals surface area contributed by atoms with Crippen LogP contribution in [0.1, 0.15) is 6.92 Å². The first-order valence-electron chi connectivity index (χ1n) is 1.60. The molecule has 0 bridgehead atoms. The summed E-state index contributed by atoms with van der Waals surface area (Å²) >= 11 is 0. The number of hydrogen-bond donors (Lipinski definition) is 0. The van der Waals surface area contributed by atoms with Gasteiger partial charge in [-0.05, 0) is 13.1 Å². The molecule has 0 aromatic heterocycles. The van der Waals surface area contributed by atoms with Gasteiger partial charge in [-0.15, -0.1) is 6.58 Å². The Morgan fingerprint density at radius 3 is 1.30 bits per heavy atom. The Bertz CT molecular complexity index is 62.8. The minimum Gasteiger partial charge on any atom is -0.652 e. The molecule has 0 amide bonds. The van der Waals surface area contributed by atoms with Gasteiger partial charge in [0.05, 0.1) is 0 Å². The number of carbonyl (C=O) groups excluding carboxylic acids is 1. The van der Waals surface area contributed by atoms with Gasteiger partial charge in [0.1, 0.15) is 0 Å². The summed E-state index contributed by atoms with van der Waals surface area (Å²) in [6.45, 7) is 5.25. The quantitative estimate of drug-likeness (QED) is 0.237. The van der Waals surface area contributed by atoms with Crippen molar-refractivity contribution in [1.82, 2.24) is 0 Å². The fraction of sp³-hybridized carbons (Fsp3) is 0.250. The van der Waals surface area contributed by atoms with E-state index in [2.05, 4.69) is 6.58 Å². The van der Waals surface area contributed by atoms with E-state index in [0.717, 1.165) is 0 Å². The van der Waals surface area contributed by atoms with Crippen LogP contribution >= 0.6 is 0 Å². The van der Waals surface area contributed by atoms with Gasteiger partial charge in [0.2, 0.25) is 0 Å². The Balaban J connectivity index is -0.0000000131. The van der Waals surface area contributed by atoms with Gasteiger partial charge in [0.25, 0.3) is 0 Å². The fourth-order valence-corrected chi connectivity index (χ4v) is 0. The second kappa shape index (κ2) is 32.9. The van der Waals surface area contributed by atoms with E-state index in [-0.39, 0.29) is 56.6 Å². The molecule has 0 spiro atoms. The maximum absolute atomic E-state index is 8.33. The second-order valence-corrected chi connectivity index (χ2v) is 0.658. The molecule has 0 atom stereocenters. The molecule has 0 aliphatic carbocycles. The summed E-state index contributed by atoms with van der Waals surface area (Å²) in [5.74, 6) is 0. The summed E-state index contributed by atoms with van der Waals surface area (Å²) in [5.41, 5.74) is 0. The van der Waals surface area contributed by atoms with Crippen LogP contribution in [0.25, 0.3) is 0 Å². The molecule has 0 fully saturated rings. The van der Waals surface area contributed by atoms with Crippen LogP contribution in [0, 0.1) is 0 Å². The topological polar surface area (TPSA) is 63.2 Å². The van der Waals surface area contributed by atoms with E-state index in [4.69, 9.17) is 15.0 Å². The van der Waals surface area contributed by atoms with E-state index >= 15 is 0 Å². The summed E-state index contributed by atoms with van der Waals surface area (Å²) in [6, 6.07) is 0. The molecule has 42 valence electrons. The molecule has 0 aromatic rings. The van der Waals surface area contributed by atoms with Crippen molar-refractivity contribution < 1.29 is 71.6 Å². The number of rotatable bonds is 0. The molecule has 0 N–H and O–H groups in total. The Morgan fingerprint density at radius 2 is 1.30 bits per heavy atom. The third-order valence-corrected chi connectivity index (χ3v) is 0. The third-order valence-electron chi connectivity index (χ3n) is 0. The number of allylic oxidation sites excluding steroid dienone is 1. The van der Waals surface area contributed by atoms with Gasteiger partial charge in [-0.1, -0.05) is 6.08 Å². The van der Waals surface area contributed by atoms with Crippen molar-refractivity contribution >= 4 is 6.16 Å². The Kier molecular flexibility index (Phi) is 102. The van der Waals surface area contributed by atoms with Crippen molar-refractivity contribution in [2.45, 2.75) is 6.92 Å². The van der Waals surface area contributed by atoms with E-state index in [9.17, 15) is 0 Å². The van der Waals surface area contributed by atoms with Crippen molar-refractivity contribution in [2.24, 2.45) is 0 Å². The summed E-state index contributed by atoms with van der Waals surface area (Å²) in [5, 5.41) is 16.7. The molecule has 3 nitrogen and oxygen atoms in total. The Labute approximate surface area is 96.8 Å². The molecule has 6 heteroatoms. The first kappa shape index (κ1) is 30.8. The molecule has 0 heterocycles. The normalized spacial score (nSPS) is 3.70. The average molecular weight is 123 g/mol. The van der Waals surface area contributed by atoms with Crippen molar-refractivity contribution in [3.63, 3.8) is 0 Å². The van der Waals surface area contributed by atoms with E-state index < -0.39 is 6.16 Å². The number of carboxylic acid groups (broad SMARTS) is 2. The van der Waals surface area contributed by atoms with Crippen molar-refractivity contribution in [1.29, 1.82) is 0 Å². The fourth-order valence-electron chi connectivity index (χ4n) is 0. The summed E-state index contributed by atoms with van der Waals surface area (Å²) in [6.07, 6.45) is -0.583. The standard InChI is InChI=1S/C3H6.CH2O3.3Li/c1-3-2;2-1(3)4;;;/h3H,1H2,2H3;(H2,2,3,4);;;/q;;3*+1/p-2. The van der Waals surface area contributed by atoms with Crippen LogP contribution in [0.2, 0.25) is 0 Å². The Hall–Kier alpha value is 0.802. The van der Waals surface area contributed by atoms with Gasteiger partial charge in [0, 0.05) is 0 Å². The summed E-state index contributed by atoms with van der Waals surface area (Å²) < 4.78 is 0. The molecular weight excluding hydrogens is 117 g/mol. The first-order valence-corrected chi connectivity index (χ1v) is 1.60. The molecular formula is C4H6Li3O3+. The van der Waals surface area contributed by atoms with E-state index in [0.29, 0.717) is 0 Å². The van der Waals surface area contributed by atoms with Crippen LogP contribution in [-0.2, 0) is 0 Å². The Morgan fingerprint density at radius 1 is 1.30 bits per heavy atom. The predicted octanol–water partition coefficient (Wildman–Crippen LogP) is -10.2.